The molecule has 1 atom stereocenters. The van der Waals surface area contributed by atoms with Gasteiger partial charge in [-0.15, -0.1) is 0 Å². The summed E-state index contributed by atoms with van der Waals surface area (Å²) in [4.78, 5) is 12.5. The van der Waals surface area contributed by atoms with Crippen LogP contribution < -0.4 is 10.1 Å². The highest BCUT2D eigenvalue weighted by Gasteiger charge is 2.29. The van der Waals surface area contributed by atoms with Crippen molar-refractivity contribution in [2.45, 2.75) is 11.5 Å². The van der Waals surface area contributed by atoms with Crippen LogP contribution in [-0.4, -0.2) is 27.0 Å². The van der Waals surface area contributed by atoms with Crippen LogP contribution in [0.4, 0.5) is 5.82 Å². The molecule has 1 aliphatic heterocycles. The molecule has 0 saturated carbocycles. The summed E-state index contributed by atoms with van der Waals surface area (Å²) < 4.78 is 24.5. The van der Waals surface area contributed by atoms with Gasteiger partial charge in [-0.1, -0.05) is 0 Å². The number of nitrogens with one attached hydrogen (secondary N) is 1. The van der Waals surface area contributed by atoms with Gasteiger partial charge in [0.15, 0.2) is 10.4 Å². The summed E-state index contributed by atoms with van der Waals surface area (Å²) in [6, 6.07) is 10.5. The standard InChI is InChI=1S/C17H14BrN3O4S/c1-24-11-4-2-10(3-5-11)21-16(12-8-26(23)9-13(12)20-21)19-17(22)14-6-7-15(18)25-14/h2-7H,8-9H2,1H3,(H,19,22). The van der Waals surface area contributed by atoms with Gasteiger partial charge in [-0.3, -0.25) is 9.00 Å². The number of aromatic nitrogens is 2. The van der Waals surface area contributed by atoms with Crippen LogP contribution in [0.5, 0.6) is 5.75 Å². The lowest BCUT2D eigenvalue weighted by Crippen LogP contribution is -2.16. The molecular weight excluding hydrogens is 422 g/mol. The van der Waals surface area contributed by atoms with E-state index >= 15 is 0 Å². The van der Waals surface area contributed by atoms with Crippen molar-refractivity contribution in [1.29, 1.82) is 0 Å². The summed E-state index contributed by atoms with van der Waals surface area (Å²) >= 11 is 3.18. The van der Waals surface area contributed by atoms with E-state index in [4.69, 9.17) is 9.15 Å². The van der Waals surface area contributed by atoms with Gasteiger partial charge in [0, 0.05) is 16.4 Å². The zero-order valence-corrected chi connectivity index (χ0v) is 16.1. The van der Waals surface area contributed by atoms with E-state index in [2.05, 4.69) is 26.3 Å². The first-order valence-corrected chi connectivity index (χ1v) is 10.00. The minimum Gasteiger partial charge on any atom is -0.497 e. The Kier molecular flexibility index (Phi) is 4.41. The van der Waals surface area contributed by atoms with Crippen LogP contribution in [0.2, 0.25) is 0 Å². The minimum atomic E-state index is -1.00. The fraction of sp³-hybridized carbons (Fsp3) is 0.176. The van der Waals surface area contributed by atoms with Gasteiger partial charge in [-0.05, 0) is 52.3 Å². The molecule has 0 spiro atoms. The number of furan rings is 1. The Morgan fingerprint density at radius 3 is 2.69 bits per heavy atom. The highest BCUT2D eigenvalue weighted by Crippen LogP contribution is 2.32. The second-order valence-electron chi connectivity index (χ2n) is 5.67. The van der Waals surface area contributed by atoms with Crippen molar-refractivity contribution < 1.29 is 18.2 Å². The largest absolute Gasteiger partial charge is 0.497 e. The van der Waals surface area contributed by atoms with E-state index in [1.807, 2.05) is 24.3 Å². The van der Waals surface area contributed by atoms with Crippen molar-refractivity contribution in [1.82, 2.24) is 9.78 Å². The number of carbonyl (C=O) groups is 1. The van der Waals surface area contributed by atoms with Crippen molar-refractivity contribution in [3.05, 3.63) is 58.1 Å². The quantitative estimate of drug-likeness (QED) is 0.679. The number of anilines is 1. The number of nitrogens with zero attached hydrogens (tertiary/aromatic N) is 2. The van der Waals surface area contributed by atoms with Gasteiger partial charge in [-0.2, -0.15) is 5.10 Å². The van der Waals surface area contributed by atoms with E-state index < -0.39 is 16.7 Å². The SMILES string of the molecule is COc1ccc(-n2nc3c(c2NC(=O)c2ccc(Br)o2)CS(=O)C3)cc1. The smallest absolute Gasteiger partial charge is 0.292 e. The third-order valence-electron chi connectivity index (χ3n) is 4.02. The van der Waals surface area contributed by atoms with Gasteiger partial charge in [0.2, 0.25) is 0 Å². The number of benzene rings is 1. The molecule has 134 valence electrons. The molecule has 3 heterocycles. The summed E-state index contributed by atoms with van der Waals surface area (Å²) in [5, 5.41) is 7.40. The summed E-state index contributed by atoms with van der Waals surface area (Å²) in [6.07, 6.45) is 0. The summed E-state index contributed by atoms with van der Waals surface area (Å²) in [5.74, 6) is 1.75. The average Bonchev–Trinajstić information content (AvgIpc) is 3.30. The second kappa shape index (κ2) is 6.73. The normalized spacial score (nSPS) is 15.7. The lowest BCUT2D eigenvalue weighted by atomic mass is 10.2. The van der Waals surface area contributed by atoms with Crippen molar-refractivity contribution in [2.75, 3.05) is 12.4 Å². The van der Waals surface area contributed by atoms with E-state index in [0.29, 0.717) is 22.0 Å². The first kappa shape index (κ1) is 17.0. The number of hydrogen-bond acceptors (Lipinski definition) is 5. The molecule has 2 aromatic heterocycles. The fourth-order valence-corrected chi connectivity index (χ4v) is 4.34. The molecule has 0 aliphatic carbocycles. The molecule has 1 aromatic carbocycles. The number of amides is 1. The van der Waals surface area contributed by atoms with E-state index in [1.165, 1.54) is 0 Å². The zero-order valence-electron chi connectivity index (χ0n) is 13.7. The lowest BCUT2D eigenvalue weighted by Gasteiger charge is -2.10. The molecule has 9 heteroatoms. The van der Waals surface area contributed by atoms with E-state index in [9.17, 15) is 9.00 Å². The van der Waals surface area contributed by atoms with E-state index in [-0.39, 0.29) is 5.76 Å². The Bertz CT molecular complexity index is 1010. The molecule has 0 radical (unpaired) electrons. The predicted molar refractivity (Wildman–Crippen MR) is 100 cm³/mol. The monoisotopic (exact) mass is 435 g/mol. The number of rotatable bonds is 4. The van der Waals surface area contributed by atoms with Crippen LogP contribution in [0, 0.1) is 0 Å². The molecule has 1 aliphatic rings. The topological polar surface area (TPSA) is 86.4 Å². The first-order chi connectivity index (χ1) is 12.5. The molecule has 0 bridgehead atoms. The van der Waals surface area contributed by atoms with Crippen molar-refractivity contribution in [3.63, 3.8) is 0 Å². The van der Waals surface area contributed by atoms with Crippen molar-refractivity contribution >= 4 is 38.5 Å². The van der Waals surface area contributed by atoms with Gasteiger partial charge < -0.3 is 14.5 Å². The van der Waals surface area contributed by atoms with Crippen LogP contribution in [0.25, 0.3) is 5.69 Å². The Morgan fingerprint density at radius 2 is 2.04 bits per heavy atom. The summed E-state index contributed by atoms with van der Waals surface area (Å²) in [7, 11) is 0.596. The third kappa shape index (κ3) is 3.08. The lowest BCUT2D eigenvalue weighted by molar-refractivity contribution is 0.0994. The number of fused-ring (bicyclic) bond motifs is 1. The Hall–Kier alpha value is -2.39. The van der Waals surface area contributed by atoms with Crippen LogP contribution in [-0.2, 0) is 22.3 Å². The van der Waals surface area contributed by atoms with Gasteiger partial charge >= 0.3 is 0 Å². The van der Waals surface area contributed by atoms with Crippen molar-refractivity contribution in [2.24, 2.45) is 0 Å². The molecule has 26 heavy (non-hydrogen) atoms. The maximum absolute atomic E-state index is 12.5. The molecule has 1 unspecified atom stereocenters. The van der Waals surface area contributed by atoms with E-state index in [1.54, 1.807) is 23.9 Å². The molecule has 1 amide bonds. The summed E-state index contributed by atoms with van der Waals surface area (Å²) in [5.41, 5.74) is 2.29. The maximum Gasteiger partial charge on any atom is 0.292 e. The highest BCUT2D eigenvalue weighted by atomic mass is 79.9. The first-order valence-electron chi connectivity index (χ1n) is 7.72. The molecular formula is C17H14BrN3O4S. The van der Waals surface area contributed by atoms with Gasteiger partial charge in [0.25, 0.3) is 5.91 Å². The fourth-order valence-electron chi connectivity index (χ4n) is 2.77. The van der Waals surface area contributed by atoms with Gasteiger partial charge in [0.05, 0.1) is 30.0 Å². The van der Waals surface area contributed by atoms with Crippen LogP contribution in [0.1, 0.15) is 21.8 Å². The third-order valence-corrected chi connectivity index (χ3v) is 5.65. The zero-order chi connectivity index (χ0) is 18.3. The molecule has 0 saturated heterocycles. The molecule has 3 aromatic rings. The Morgan fingerprint density at radius 1 is 1.27 bits per heavy atom. The molecule has 0 fully saturated rings. The number of ether oxygens (including phenoxy) is 1. The predicted octanol–water partition coefficient (Wildman–Crippen LogP) is 3.25. The Labute approximate surface area is 159 Å². The van der Waals surface area contributed by atoms with Gasteiger partial charge in [0.1, 0.15) is 11.6 Å². The molecule has 1 N–H and O–H groups in total. The van der Waals surface area contributed by atoms with Crippen molar-refractivity contribution in [3.8, 4) is 11.4 Å². The molecule has 4 rings (SSSR count). The summed E-state index contributed by atoms with van der Waals surface area (Å²) in [6.45, 7) is 0. The van der Waals surface area contributed by atoms with Crippen LogP contribution in [0.15, 0.2) is 45.5 Å². The number of methoxy groups -OCH3 is 1. The Balaban J connectivity index is 1.74. The van der Waals surface area contributed by atoms with Crippen LogP contribution >= 0.6 is 15.9 Å². The minimum absolute atomic E-state index is 0.173. The number of carbonyl (C=O) groups excluding carboxylic acids is 1. The van der Waals surface area contributed by atoms with E-state index in [0.717, 1.165) is 22.7 Å². The highest BCUT2D eigenvalue weighted by molar-refractivity contribution is 9.10. The van der Waals surface area contributed by atoms with Crippen LogP contribution in [0.3, 0.4) is 0 Å². The number of halogens is 1. The number of hydrogen-bond donors (Lipinski definition) is 1. The average molecular weight is 436 g/mol. The second-order valence-corrected chi connectivity index (χ2v) is 7.91. The maximum atomic E-state index is 12.5. The van der Waals surface area contributed by atoms with Gasteiger partial charge in [-0.25, -0.2) is 4.68 Å². The molecule has 7 nitrogen and oxygen atoms in total.